The van der Waals surface area contributed by atoms with Crippen LogP contribution in [0.3, 0.4) is 0 Å². The van der Waals surface area contributed by atoms with Gasteiger partial charge in [0, 0.05) is 5.92 Å². The summed E-state index contributed by atoms with van der Waals surface area (Å²) >= 11 is 0. The zero-order valence-corrected chi connectivity index (χ0v) is 17.7. The molecule has 4 rings (SSSR count). The third-order valence-corrected chi connectivity index (χ3v) is 5.54. The molecule has 1 aliphatic carbocycles. The molecule has 0 saturated carbocycles. The maximum atomic E-state index is 14.8. The van der Waals surface area contributed by atoms with Gasteiger partial charge in [0.15, 0.2) is 5.82 Å². The SMILES string of the molecule is C[C@H](NC(=O)c1cccc(NC(=O)OCC2c3ccccc3-c3ccccc32)c1F)C(=O)O. The summed E-state index contributed by atoms with van der Waals surface area (Å²) in [6.07, 6.45) is -0.868. The Morgan fingerprint density at radius 2 is 1.58 bits per heavy atom. The maximum absolute atomic E-state index is 14.8. The van der Waals surface area contributed by atoms with Crippen molar-refractivity contribution >= 4 is 23.7 Å². The highest BCUT2D eigenvalue weighted by Crippen LogP contribution is 2.44. The number of carbonyl (C=O) groups excluding carboxylic acids is 2. The number of carboxylic acid groups (broad SMARTS) is 1. The second-order valence-electron chi connectivity index (χ2n) is 7.65. The number of fused-ring (bicyclic) bond motifs is 3. The van der Waals surface area contributed by atoms with Crippen LogP contribution in [0.25, 0.3) is 11.1 Å². The number of benzene rings is 3. The molecule has 3 N–H and O–H groups in total. The third kappa shape index (κ3) is 4.41. The lowest BCUT2D eigenvalue weighted by molar-refractivity contribution is -0.138. The summed E-state index contributed by atoms with van der Waals surface area (Å²) in [5, 5.41) is 13.4. The highest BCUT2D eigenvalue weighted by Gasteiger charge is 2.29. The summed E-state index contributed by atoms with van der Waals surface area (Å²) in [4.78, 5) is 35.5. The maximum Gasteiger partial charge on any atom is 0.411 e. The summed E-state index contributed by atoms with van der Waals surface area (Å²) in [5.74, 6) is -3.29. The Bertz CT molecular complexity index is 1200. The molecule has 3 aromatic rings. The van der Waals surface area contributed by atoms with Crippen LogP contribution in [0.15, 0.2) is 66.7 Å². The topological polar surface area (TPSA) is 105 Å². The first-order valence-electron chi connectivity index (χ1n) is 10.3. The van der Waals surface area contributed by atoms with E-state index in [1.54, 1.807) is 0 Å². The lowest BCUT2D eigenvalue weighted by Gasteiger charge is -2.15. The van der Waals surface area contributed by atoms with E-state index < -0.39 is 29.8 Å². The van der Waals surface area contributed by atoms with Crippen LogP contribution in [-0.4, -0.2) is 35.7 Å². The lowest BCUT2D eigenvalue weighted by atomic mass is 9.98. The summed E-state index contributed by atoms with van der Waals surface area (Å²) in [6, 6.07) is 18.4. The standard InChI is InChI=1S/C25H21FN2O5/c1-14(24(30)31)27-23(29)19-11-6-12-21(22(19)26)28-25(32)33-13-20-17-9-4-2-7-15(17)16-8-3-5-10-18(16)20/h2-12,14,20H,13H2,1H3,(H,27,29)(H,28,32)(H,30,31)/t14-/m0/s1. The van der Waals surface area contributed by atoms with Gasteiger partial charge < -0.3 is 15.2 Å². The third-order valence-electron chi connectivity index (χ3n) is 5.54. The first-order valence-corrected chi connectivity index (χ1v) is 10.3. The van der Waals surface area contributed by atoms with Gasteiger partial charge in [-0.25, -0.2) is 9.18 Å². The van der Waals surface area contributed by atoms with Gasteiger partial charge in [-0.3, -0.25) is 14.9 Å². The second-order valence-corrected chi connectivity index (χ2v) is 7.65. The minimum absolute atomic E-state index is 0.0534. The average molecular weight is 448 g/mol. The molecule has 0 radical (unpaired) electrons. The Balaban J connectivity index is 1.45. The molecular formula is C25H21FN2O5. The molecule has 3 aromatic carbocycles. The van der Waals surface area contributed by atoms with Gasteiger partial charge in [-0.05, 0) is 41.3 Å². The number of anilines is 1. The minimum atomic E-state index is -1.25. The van der Waals surface area contributed by atoms with Gasteiger partial charge in [-0.2, -0.15) is 0 Å². The molecule has 1 aliphatic rings. The largest absolute Gasteiger partial charge is 0.480 e. The van der Waals surface area contributed by atoms with Crippen molar-refractivity contribution in [1.82, 2.24) is 5.32 Å². The number of rotatable bonds is 6. The normalized spacial score (nSPS) is 12.9. The number of hydrogen-bond acceptors (Lipinski definition) is 4. The fourth-order valence-corrected chi connectivity index (χ4v) is 3.88. The first kappa shape index (κ1) is 22.0. The Labute approximate surface area is 189 Å². The van der Waals surface area contributed by atoms with Crippen LogP contribution in [0, 0.1) is 5.82 Å². The molecule has 0 aliphatic heterocycles. The summed E-state index contributed by atoms with van der Waals surface area (Å²) < 4.78 is 20.2. The van der Waals surface area contributed by atoms with Crippen LogP contribution in [-0.2, 0) is 9.53 Å². The predicted octanol–water partition coefficient (Wildman–Crippen LogP) is 4.39. The molecule has 1 atom stereocenters. The van der Waals surface area contributed by atoms with Crippen molar-refractivity contribution in [2.75, 3.05) is 11.9 Å². The van der Waals surface area contributed by atoms with E-state index in [1.807, 2.05) is 48.5 Å². The molecule has 33 heavy (non-hydrogen) atoms. The Kier molecular flexibility index (Phi) is 6.08. The van der Waals surface area contributed by atoms with Crippen molar-refractivity contribution < 1.29 is 28.6 Å². The second kappa shape index (κ2) is 9.12. The first-order chi connectivity index (χ1) is 15.9. The number of aliphatic carboxylic acids is 1. The Hall–Kier alpha value is -4.20. The molecule has 168 valence electrons. The predicted molar refractivity (Wildman–Crippen MR) is 120 cm³/mol. The van der Waals surface area contributed by atoms with Crippen LogP contribution in [0.1, 0.15) is 34.3 Å². The molecule has 0 unspecified atom stereocenters. The molecule has 0 aromatic heterocycles. The zero-order chi connectivity index (χ0) is 23.5. The van der Waals surface area contributed by atoms with Crippen LogP contribution in [0.5, 0.6) is 0 Å². The van der Waals surface area contributed by atoms with Gasteiger partial charge >= 0.3 is 12.1 Å². The summed E-state index contributed by atoms with van der Waals surface area (Å²) in [6.45, 7) is 1.31. The van der Waals surface area contributed by atoms with Crippen molar-refractivity contribution in [1.29, 1.82) is 0 Å². The van der Waals surface area contributed by atoms with E-state index in [0.29, 0.717) is 0 Å². The van der Waals surface area contributed by atoms with E-state index >= 15 is 0 Å². The lowest BCUT2D eigenvalue weighted by Crippen LogP contribution is -2.38. The fourth-order valence-electron chi connectivity index (χ4n) is 3.88. The van der Waals surface area contributed by atoms with Gasteiger partial charge in [-0.15, -0.1) is 0 Å². The van der Waals surface area contributed by atoms with E-state index in [0.717, 1.165) is 22.3 Å². The van der Waals surface area contributed by atoms with Crippen molar-refractivity contribution in [3.05, 3.63) is 89.2 Å². The van der Waals surface area contributed by atoms with Crippen LogP contribution in [0.4, 0.5) is 14.9 Å². The Morgan fingerprint density at radius 3 is 2.18 bits per heavy atom. The molecule has 0 bridgehead atoms. The van der Waals surface area contributed by atoms with Crippen molar-refractivity contribution in [3.8, 4) is 11.1 Å². The molecule has 7 nitrogen and oxygen atoms in total. The number of halogens is 1. The number of hydrogen-bond donors (Lipinski definition) is 3. The van der Waals surface area contributed by atoms with Crippen molar-refractivity contribution in [3.63, 3.8) is 0 Å². The number of amides is 2. The number of carboxylic acids is 1. The quantitative estimate of drug-likeness (QED) is 0.519. The monoisotopic (exact) mass is 448 g/mol. The van der Waals surface area contributed by atoms with E-state index in [9.17, 15) is 18.8 Å². The van der Waals surface area contributed by atoms with Crippen LogP contribution >= 0.6 is 0 Å². The number of nitrogens with one attached hydrogen (secondary N) is 2. The molecule has 0 fully saturated rings. The molecule has 8 heteroatoms. The van der Waals surface area contributed by atoms with Crippen LogP contribution in [0.2, 0.25) is 0 Å². The average Bonchev–Trinajstić information content (AvgIpc) is 3.12. The highest BCUT2D eigenvalue weighted by atomic mass is 19.1. The van der Waals surface area contributed by atoms with E-state index in [2.05, 4.69) is 10.6 Å². The smallest absolute Gasteiger partial charge is 0.411 e. The number of carbonyl (C=O) groups is 3. The van der Waals surface area contributed by atoms with Crippen LogP contribution < -0.4 is 10.6 Å². The molecule has 0 spiro atoms. The minimum Gasteiger partial charge on any atom is -0.480 e. The van der Waals surface area contributed by atoms with E-state index in [4.69, 9.17) is 9.84 Å². The van der Waals surface area contributed by atoms with Gasteiger partial charge in [0.05, 0.1) is 11.3 Å². The van der Waals surface area contributed by atoms with Crippen molar-refractivity contribution in [2.24, 2.45) is 0 Å². The highest BCUT2D eigenvalue weighted by molar-refractivity contribution is 5.98. The van der Waals surface area contributed by atoms with E-state index in [-0.39, 0.29) is 23.8 Å². The van der Waals surface area contributed by atoms with Gasteiger partial charge in [0.1, 0.15) is 12.6 Å². The summed E-state index contributed by atoms with van der Waals surface area (Å²) in [7, 11) is 0. The fraction of sp³-hybridized carbons (Fsp3) is 0.160. The van der Waals surface area contributed by atoms with Gasteiger partial charge in [0.25, 0.3) is 5.91 Å². The Morgan fingerprint density at radius 1 is 0.970 bits per heavy atom. The molecular weight excluding hydrogens is 427 g/mol. The summed E-state index contributed by atoms with van der Waals surface area (Å²) in [5.41, 5.74) is 3.63. The number of ether oxygens (including phenoxy) is 1. The molecule has 2 amide bonds. The van der Waals surface area contributed by atoms with Crippen molar-refractivity contribution in [2.45, 2.75) is 18.9 Å². The zero-order valence-electron chi connectivity index (χ0n) is 17.7. The molecule has 0 saturated heterocycles. The molecule has 0 heterocycles. The van der Waals surface area contributed by atoms with E-state index in [1.165, 1.54) is 25.1 Å². The van der Waals surface area contributed by atoms with Gasteiger partial charge in [0.2, 0.25) is 0 Å². The van der Waals surface area contributed by atoms with Gasteiger partial charge in [-0.1, -0.05) is 54.6 Å².